The smallest absolute Gasteiger partial charge is 0.374 e. The number of phenols is 1. The van der Waals surface area contributed by atoms with Gasteiger partial charge in [-0.15, -0.1) is 0 Å². The molecule has 0 aliphatic carbocycles. The fourth-order valence-corrected chi connectivity index (χ4v) is 1.68. The third-order valence-electron chi connectivity index (χ3n) is 2.06. The minimum absolute atomic E-state index is 0.101. The first-order valence-corrected chi connectivity index (χ1v) is 5.50. The molecule has 0 spiro atoms. The normalized spacial score (nSPS) is 10.6. The number of hydrogen-bond donors (Lipinski definition) is 1. The Morgan fingerprint density at radius 1 is 1.50 bits per heavy atom. The summed E-state index contributed by atoms with van der Waals surface area (Å²) < 4.78 is 10.6. The van der Waals surface area contributed by atoms with Crippen LogP contribution in [0.2, 0.25) is 0 Å². The minimum Gasteiger partial charge on any atom is -0.507 e. The molecule has 0 aliphatic heterocycles. The molecule has 0 fully saturated rings. The van der Waals surface area contributed by atoms with Crippen molar-refractivity contribution in [3.63, 3.8) is 0 Å². The maximum Gasteiger partial charge on any atom is 0.374 e. The van der Waals surface area contributed by atoms with Gasteiger partial charge >= 0.3 is 5.97 Å². The van der Waals surface area contributed by atoms with E-state index < -0.39 is 5.97 Å². The van der Waals surface area contributed by atoms with Crippen molar-refractivity contribution in [2.75, 3.05) is 6.61 Å². The average molecular weight is 285 g/mol. The summed E-state index contributed by atoms with van der Waals surface area (Å²) in [6.45, 7) is 2.02. The van der Waals surface area contributed by atoms with Crippen molar-refractivity contribution >= 4 is 32.9 Å². The summed E-state index contributed by atoms with van der Waals surface area (Å²) in [4.78, 5) is 11.4. The van der Waals surface area contributed by atoms with Gasteiger partial charge in [-0.25, -0.2) is 4.79 Å². The first kappa shape index (κ1) is 11.0. The fourth-order valence-electron chi connectivity index (χ4n) is 1.35. The van der Waals surface area contributed by atoms with Crippen LogP contribution in [-0.4, -0.2) is 17.7 Å². The number of ether oxygens (including phenoxy) is 1. The molecule has 0 bridgehead atoms. The number of furan rings is 1. The largest absolute Gasteiger partial charge is 0.507 e. The molecule has 0 aliphatic rings. The Hall–Kier alpha value is -1.49. The van der Waals surface area contributed by atoms with Crippen LogP contribution in [0, 0.1) is 0 Å². The summed E-state index contributed by atoms with van der Waals surface area (Å²) in [5.41, 5.74) is 0.521. The quantitative estimate of drug-likeness (QED) is 0.861. The van der Waals surface area contributed by atoms with E-state index in [2.05, 4.69) is 15.9 Å². The molecule has 2 rings (SSSR count). The van der Waals surface area contributed by atoms with Gasteiger partial charge in [-0.1, -0.05) is 0 Å². The van der Waals surface area contributed by atoms with Crippen molar-refractivity contribution in [3.05, 3.63) is 28.4 Å². The zero-order valence-electron chi connectivity index (χ0n) is 8.49. The lowest BCUT2D eigenvalue weighted by Gasteiger charge is -1.95. The van der Waals surface area contributed by atoms with Gasteiger partial charge in [0, 0.05) is 5.39 Å². The van der Waals surface area contributed by atoms with Crippen LogP contribution in [-0.2, 0) is 4.74 Å². The summed E-state index contributed by atoms with van der Waals surface area (Å²) in [7, 11) is 0. The van der Waals surface area contributed by atoms with E-state index in [0.717, 1.165) is 0 Å². The number of halogens is 1. The molecule has 84 valence electrons. The molecular weight excluding hydrogens is 276 g/mol. The minimum atomic E-state index is -0.505. The van der Waals surface area contributed by atoms with E-state index in [1.807, 2.05) is 0 Å². The van der Waals surface area contributed by atoms with E-state index in [9.17, 15) is 9.90 Å². The summed E-state index contributed by atoms with van der Waals surface area (Å²) in [5, 5.41) is 10.1. The molecule has 0 radical (unpaired) electrons. The number of carbonyl (C=O) groups is 1. The van der Waals surface area contributed by atoms with E-state index in [-0.39, 0.29) is 11.5 Å². The molecule has 0 amide bonds. The zero-order valence-corrected chi connectivity index (χ0v) is 10.1. The van der Waals surface area contributed by atoms with Gasteiger partial charge in [-0.2, -0.15) is 0 Å². The summed E-state index contributed by atoms with van der Waals surface area (Å²) in [6.07, 6.45) is 0. The van der Waals surface area contributed by atoms with Crippen LogP contribution in [0.15, 0.2) is 27.1 Å². The lowest BCUT2D eigenvalue weighted by Crippen LogP contribution is -2.02. The van der Waals surface area contributed by atoms with Crippen molar-refractivity contribution in [1.82, 2.24) is 0 Å². The molecule has 16 heavy (non-hydrogen) atoms. The lowest BCUT2D eigenvalue weighted by molar-refractivity contribution is 0.0492. The first-order valence-electron chi connectivity index (χ1n) is 4.71. The number of hydrogen-bond acceptors (Lipinski definition) is 4. The maximum atomic E-state index is 11.4. The van der Waals surface area contributed by atoms with Crippen LogP contribution in [0.1, 0.15) is 17.5 Å². The molecule has 5 heteroatoms. The molecule has 1 aromatic heterocycles. The molecule has 4 nitrogen and oxygen atoms in total. The Labute approximate surface area is 99.9 Å². The van der Waals surface area contributed by atoms with Gasteiger partial charge in [0.05, 0.1) is 11.1 Å². The van der Waals surface area contributed by atoms with Crippen molar-refractivity contribution in [1.29, 1.82) is 0 Å². The summed E-state index contributed by atoms with van der Waals surface area (Å²) >= 11 is 3.17. The molecule has 1 N–H and O–H groups in total. The third kappa shape index (κ3) is 1.90. The Balaban J connectivity index is 2.48. The van der Waals surface area contributed by atoms with E-state index in [0.29, 0.717) is 22.0 Å². The van der Waals surface area contributed by atoms with E-state index >= 15 is 0 Å². The van der Waals surface area contributed by atoms with Gasteiger partial charge < -0.3 is 14.3 Å². The van der Waals surface area contributed by atoms with E-state index in [4.69, 9.17) is 9.15 Å². The van der Waals surface area contributed by atoms with Crippen molar-refractivity contribution in [2.24, 2.45) is 0 Å². The second-order valence-corrected chi connectivity index (χ2v) is 4.03. The number of esters is 1. The lowest BCUT2D eigenvalue weighted by atomic mass is 10.2. The van der Waals surface area contributed by atoms with Gasteiger partial charge in [0.1, 0.15) is 11.3 Å². The number of rotatable bonds is 2. The highest BCUT2D eigenvalue weighted by Gasteiger charge is 2.14. The maximum absolute atomic E-state index is 11.4. The Kier molecular flexibility index (Phi) is 2.87. The number of aromatic hydroxyl groups is 1. The molecule has 0 saturated heterocycles. The van der Waals surface area contributed by atoms with Crippen LogP contribution in [0.25, 0.3) is 11.0 Å². The molecule has 0 atom stereocenters. The number of fused-ring (bicyclic) bond motifs is 1. The number of benzene rings is 1. The van der Waals surface area contributed by atoms with Gasteiger partial charge in [0.25, 0.3) is 0 Å². The summed E-state index contributed by atoms with van der Waals surface area (Å²) in [6, 6.07) is 4.67. The topological polar surface area (TPSA) is 59.7 Å². The van der Waals surface area contributed by atoms with Gasteiger partial charge in [-0.3, -0.25) is 0 Å². The predicted molar refractivity (Wildman–Crippen MR) is 61.5 cm³/mol. The Morgan fingerprint density at radius 2 is 2.25 bits per heavy atom. The Morgan fingerprint density at radius 3 is 2.94 bits per heavy atom. The second kappa shape index (κ2) is 4.17. The second-order valence-electron chi connectivity index (χ2n) is 3.17. The van der Waals surface area contributed by atoms with E-state index in [1.165, 1.54) is 6.07 Å². The monoisotopic (exact) mass is 284 g/mol. The third-order valence-corrected chi connectivity index (χ3v) is 2.70. The molecule has 0 unspecified atom stereocenters. The molecule has 1 aromatic carbocycles. The summed E-state index contributed by atoms with van der Waals surface area (Å²) in [5.74, 6) is -0.271. The fraction of sp³-hybridized carbons (Fsp3) is 0.182. The van der Waals surface area contributed by atoms with Crippen molar-refractivity contribution in [3.8, 4) is 5.75 Å². The van der Waals surface area contributed by atoms with Crippen molar-refractivity contribution < 1.29 is 19.1 Å². The van der Waals surface area contributed by atoms with E-state index in [1.54, 1.807) is 19.1 Å². The van der Waals surface area contributed by atoms with Gasteiger partial charge in [-0.05, 0) is 41.1 Å². The van der Waals surface area contributed by atoms with Gasteiger partial charge in [0.15, 0.2) is 0 Å². The predicted octanol–water partition coefficient (Wildman–Crippen LogP) is 3.08. The first-order chi connectivity index (χ1) is 7.61. The molecular formula is C11H9BrO4. The average Bonchev–Trinajstić information content (AvgIpc) is 2.62. The number of phenolic OH excluding ortho intramolecular Hbond substituents is 1. The van der Waals surface area contributed by atoms with Crippen LogP contribution < -0.4 is 0 Å². The SMILES string of the molecule is CCOC(=O)c1cc2cc(O)c(Br)cc2o1. The highest BCUT2D eigenvalue weighted by Crippen LogP contribution is 2.31. The molecule has 2 aromatic rings. The zero-order chi connectivity index (χ0) is 11.7. The molecule has 0 saturated carbocycles. The van der Waals surface area contributed by atoms with Gasteiger partial charge in [0.2, 0.25) is 5.76 Å². The Bertz CT molecular complexity index is 505. The standard InChI is InChI=1S/C11H9BrO4/c1-2-15-11(14)10-4-6-3-8(13)7(12)5-9(6)16-10/h3-5,13H,2H2,1H3. The van der Waals surface area contributed by atoms with Crippen LogP contribution >= 0.6 is 15.9 Å². The van der Waals surface area contributed by atoms with Crippen molar-refractivity contribution in [2.45, 2.75) is 6.92 Å². The van der Waals surface area contributed by atoms with Crippen LogP contribution in [0.4, 0.5) is 0 Å². The highest BCUT2D eigenvalue weighted by molar-refractivity contribution is 9.10. The highest BCUT2D eigenvalue weighted by atomic mass is 79.9. The number of carbonyl (C=O) groups excluding carboxylic acids is 1. The molecule has 1 heterocycles. The van der Waals surface area contributed by atoms with Crippen LogP contribution in [0.3, 0.4) is 0 Å². The van der Waals surface area contributed by atoms with Crippen LogP contribution in [0.5, 0.6) is 5.75 Å².